The first-order valence-corrected chi connectivity index (χ1v) is 5.07. The van der Waals surface area contributed by atoms with Crippen LogP contribution in [-0.4, -0.2) is 17.1 Å². The average molecular weight is 225 g/mol. The largest absolute Gasteiger partial charge is 0.459 e. The normalized spacial score (nSPS) is 14.4. The number of carbonyl (C=O) groups is 1. The van der Waals surface area contributed by atoms with Crippen LogP contribution in [-0.2, 0) is 0 Å². The van der Waals surface area contributed by atoms with Crippen molar-refractivity contribution in [3.05, 3.63) is 24.2 Å². The highest BCUT2D eigenvalue weighted by molar-refractivity contribution is 7.80. The molecule has 80 valence electrons. The maximum Gasteiger partial charge on any atom is 0.305 e. The maximum absolute atomic E-state index is 11.4. The second-order valence-electron chi connectivity index (χ2n) is 3.30. The van der Waals surface area contributed by atoms with Crippen LogP contribution in [0.2, 0.25) is 0 Å². The van der Waals surface area contributed by atoms with Gasteiger partial charge in [0.05, 0.1) is 6.26 Å². The number of amides is 1. The molecule has 0 radical (unpaired) electrons. The molecule has 0 atom stereocenters. The topological polar surface area (TPSA) is 66.3 Å². The molecule has 0 aromatic carbocycles. The van der Waals surface area contributed by atoms with Crippen LogP contribution < -0.4 is 16.2 Å². The van der Waals surface area contributed by atoms with Gasteiger partial charge in [-0.05, 0) is 37.2 Å². The zero-order chi connectivity index (χ0) is 10.7. The first-order valence-electron chi connectivity index (χ1n) is 4.66. The van der Waals surface area contributed by atoms with Crippen molar-refractivity contribution >= 4 is 23.2 Å². The fourth-order valence-corrected chi connectivity index (χ4v) is 1.25. The van der Waals surface area contributed by atoms with Gasteiger partial charge in [0.15, 0.2) is 10.9 Å². The minimum absolute atomic E-state index is 0.247. The third-order valence-corrected chi connectivity index (χ3v) is 2.17. The Balaban J connectivity index is 1.72. The molecule has 1 amide bonds. The van der Waals surface area contributed by atoms with Gasteiger partial charge in [0.2, 0.25) is 0 Å². The fourth-order valence-electron chi connectivity index (χ4n) is 1.03. The number of rotatable bonds is 2. The summed E-state index contributed by atoms with van der Waals surface area (Å²) in [6, 6.07) is 3.69. The van der Waals surface area contributed by atoms with Gasteiger partial charge < -0.3 is 9.73 Å². The molecule has 1 fully saturated rings. The molecule has 1 aliphatic rings. The molecular weight excluding hydrogens is 214 g/mol. The number of thiocarbonyl (C=S) groups is 1. The van der Waals surface area contributed by atoms with Gasteiger partial charge >= 0.3 is 5.91 Å². The number of hydrogen-bond donors (Lipinski definition) is 3. The third-order valence-electron chi connectivity index (χ3n) is 1.95. The lowest BCUT2D eigenvalue weighted by Gasteiger charge is -2.09. The molecule has 0 aliphatic heterocycles. The quantitative estimate of drug-likeness (QED) is 0.506. The van der Waals surface area contributed by atoms with Crippen LogP contribution in [0, 0.1) is 0 Å². The number of carbonyl (C=O) groups excluding carboxylic acids is 1. The zero-order valence-corrected chi connectivity index (χ0v) is 8.76. The Morgan fingerprint density at radius 3 is 2.87 bits per heavy atom. The molecule has 5 nitrogen and oxygen atoms in total. The zero-order valence-electron chi connectivity index (χ0n) is 7.95. The smallest absolute Gasteiger partial charge is 0.305 e. The van der Waals surface area contributed by atoms with Crippen LogP contribution in [0.4, 0.5) is 0 Å². The molecule has 0 spiro atoms. The van der Waals surface area contributed by atoms with Gasteiger partial charge in [-0.1, -0.05) is 0 Å². The second kappa shape index (κ2) is 4.31. The molecule has 2 rings (SSSR count). The van der Waals surface area contributed by atoms with Crippen LogP contribution in [0.15, 0.2) is 22.8 Å². The van der Waals surface area contributed by atoms with Crippen LogP contribution >= 0.6 is 12.2 Å². The van der Waals surface area contributed by atoms with Crippen molar-refractivity contribution < 1.29 is 9.21 Å². The molecule has 3 N–H and O–H groups in total. The van der Waals surface area contributed by atoms with Gasteiger partial charge in [-0.3, -0.25) is 15.6 Å². The molecule has 1 aliphatic carbocycles. The van der Waals surface area contributed by atoms with E-state index in [-0.39, 0.29) is 11.7 Å². The molecular formula is C9H11N3O2S. The molecule has 1 saturated carbocycles. The van der Waals surface area contributed by atoms with E-state index >= 15 is 0 Å². The van der Waals surface area contributed by atoms with Crippen LogP contribution in [0.25, 0.3) is 0 Å². The molecule has 1 aromatic heterocycles. The Labute approximate surface area is 92.2 Å². The average Bonchev–Trinajstić information content (AvgIpc) is 2.86. The second-order valence-corrected chi connectivity index (χ2v) is 3.71. The highest BCUT2D eigenvalue weighted by atomic mass is 32.1. The minimum atomic E-state index is -0.347. The van der Waals surface area contributed by atoms with Crippen molar-refractivity contribution in [2.75, 3.05) is 0 Å². The van der Waals surface area contributed by atoms with Crippen molar-refractivity contribution in [3.63, 3.8) is 0 Å². The van der Waals surface area contributed by atoms with Crippen LogP contribution in [0.3, 0.4) is 0 Å². The Morgan fingerprint density at radius 2 is 2.27 bits per heavy atom. The van der Waals surface area contributed by atoms with Gasteiger partial charge in [0.25, 0.3) is 0 Å². The first-order chi connectivity index (χ1) is 7.25. The summed E-state index contributed by atoms with van der Waals surface area (Å²) in [5.41, 5.74) is 5.03. The molecule has 6 heteroatoms. The summed E-state index contributed by atoms with van der Waals surface area (Å²) in [6.07, 6.45) is 3.71. The Bertz CT molecular complexity index is 359. The van der Waals surface area contributed by atoms with Crippen molar-refractivity contribution in [1.29, 1.82) is 0 Å². The summed E-state index contributed by atoms with van der Waals surface area (Å²) >= 11 is 4.95. The van der Waals surface area contributed by atoms with Crippen molar-refractivity contribution in [2.24, 2.45) is 0 Å². The van der Waals surface area contributed by atoms with Crippen molar-refractivity contribution in [3.8, 4) is 0 Å². The van der Waals surface area contributed by atoms with E-state index in [4.69, 9.17) is 16.6 Å². The van der Waals surface area contributed by atoms with E-state index in [0.29, 0.717) is 11.2 Å². The van der Waals surface area contributed by atoms with E-state index in [1.807, 2.05) is 0 Å². The highest BCUT2D eigenvalue weighted by Gasteiger charge is 2.21. The summed E-state index contributed by atoms with van der Waals surface area (Å²) in [5, 5.41) is 3.46. The number of hydrogen-bond acceptors (Lipinski definition) is 3. The number of nitrogens with one attached hydrogen (secondary N) is 3. The highest BCUT2D eigenvalue weighted by Crippen LogP contribution is 2.18. The van der Waals surface area contributed by atoms with Crippen LogP contribution in [0.1, 0.15) is 23.4 Å². The Morgan fingerprint density at radius 1 is 1.47 bits per heavy atom. The molecule has 0 saturated heterocycles. The lowest BCUT2D eigenvalue weighted by Crippen LogP contribution is -2.47. The lowest BCUT2D eigenvalue weighted by atomic mass is 10.4. The van der Waals surface area contributed by atoms with E-state index in [9.17, 15) is 4.79 Å². The lowest BCUT2D eigenvalue weighted by molar-refractivity contribution is 0.0915. The Hall–Kier alpha value is -1.56. The van der Waals surface area contributed by atoms with E-state index in [1.165, 1.54) is 6.26 Å². The standard InChI is InChI=1S/C9H11N3O2S/c13-8(7-2-1-5-14-7)11-12-9(15)10-6-3-4-6/h1-2,5-6H,3-4H2,(H,11,13)(H2,10,12,15). The molecule has 1 heterocycles. The van der Waals surface area contributed by atoms with E-state index < -0.39 is 0 Å². The summed E-state index contributed by atoms with van der Waals surface area (Å²) in [4.78, 5) is 11.4. The number of hydrazine groups is 1. The van der Waals surface area contributed by atoms with Gasteiger partial charge in [-0.25, -0.2) is 0 Å². The van der Waals surface area contributed by atoms with Crippen molar-refractivity contribution in [1.82, 2.24) is 16.2 Å². The van der Waals surface area contributed by atoms with Crippen molar-refractivity contribution in [2.45, 2.75) is 18.9 Å². The fraction of sp³-hybridized carbons (Fsp3) is 0.333. The third kappa shape index (κ3) is 2.95. The Kier molecular flexibility index (Phi) is 2.86. The predicted octanol–water partition coefficient (Wildman–Crippen LogP) is 0.551. The SMILES string of the molecule is O=C(NNC(=S)NC1CC1)c1ccco1. The number of furan rings is 1. The van der Waals surface area contributed by atoms with Gasteiger partial charge in [0, 0.05) is 6.04 Å². The summed E-state index contributed by atoms with van der Waals surface area (Å²) in [5.74, 6) is -0.100. The molecule has 0 unspecified atom stereocenters. The minimum Gasteiger partial charge on any atom is -0.459 e. The summed E-state index contributed by atoms with van der Waals surface area (Å²) in [6.45, 7) is 0. The van der Waals surface area contributed by atoms with E-state index in [2.05, 4.69) is 16.2 Å². The summed E-state index contributed by atoms with van der Waals surface area (Å²) in [7, 11) is 0. The predicted molar refractivity (Wildman–Crippen MR) is 58.1 cm³/mol. The molecule has 15 heavy (non-hydrogen) atoms. The summed E-state index contributed by atoms with van der Waals surface area (Å²) < 4.78 is 4.91. The molecule has 1 aromatic rings. The van der Waals surface area contributed by atoms with Gasteiger partial charge in [-0.15, -0.1) is 0 Å². The van der Waals surface area contributed by atoms with Gasteiger partial charge in [0.1, 0.15) is 0 Å². The van der Waals surface area contributed by atoms with E-state index in [0.717, 1.165) is 12.8 Å². The van der Waals surface area contributed by atoms with Crippen LogP contribution in [0.5, 0.6) is 0 Å². The molecule has 0 bridgehead atoms. The maximum atomic E-state index is 11.4. The monoisotopic (exact) mass is 225 g/mol. The van der Waals surface area contributed by atoms with E-state index in [1.54, 1.807) is 12.1 Å². The first kappa shape index (κ1) is 9.97. The van der Waals surface area contributed by atoms with Gasteiger partial charge in [-0.2, -0.15) is 0 Å².